The van der Waals surface area contributed by atoms with Gasteiger partial charge < -0.3 is 44.5 Å². The van der Waals surface area contributed by atoms with Gasteiger partial charge in [-0.15, -0.1) is 6.58 Å². The first-order valence-corrected chi connectivity index (χ1v) is 12.2. The lowest BCUT2D eigenvalue weighted by Crippen LogP contribution is -2.65. The van der Waals surface area contributed by atoms with Crippen molar-refractivity contribution in [2.24, 2.45) is 0 Å². The molecule has 0 aromatic heterocycles. The highest BCUT2D eigenvalue weighted by Crippen LogP contribution is 2.31. The molecule has 17 nitrogen and oxygen atoms in total. The lowest BCUT2D eigenvalue weighted by molar-refractivity contribution is -0.356. The second-order valence-electron chi connectivity index (χ2n) is 7.15. The SMILES string of the molecule is C=CCOC1O[C@H](CO)[C@@H](O[C@@H]2O[C@H](COS(=O)(=O)O)[C@H](O)[C@H](OS(=O)(=O)O)[C@H]2O)[C@H](O)[C@H]1O. The molecule has 2 aliphatic heterocycles. The van der Waals surface area contributed by atoms with E-state index in [4.69, 9.17) is 28.1 Å². The average Bonchev–Trinajstić information content (AvgIpc) is 2.73. The smallest absolute Gasteiger partial charge is 0.394 e. The summed E-state index contributed by atoms with van der Waals surface area (Å²) in [5.41, 5.74) is 0. The van der Waals surface area contributed by atoms with E-state index in [9.17, 15) is 42.4 Å². The van der Waals surface area contributed by atoms with Crippen LogP contribution >= 0.6 is 0 Å². The number of hydrogen-bond donors (Lipinski definition) is 7. The van der Waals surface area contributed by atoms with Gasteiger partial charge >= 0.3 is 20.8 Å². The zero-order valence-electron chi connectivity index (χ0n) is 17.2. The topological polar surface area (TPSA) is 265 Å². The molecule has 0 amide bonds. The minimum Gasteiger partial charge on any atom is -0.394 e. The molecule has 2 rings (SSSR count). The summed E-state index contributed by atoms with van der Waals surface area (Å²) >= 11 is 0. The van der Waals surface area contributed by atoms with Crippen LogP contribution in [0.4, 0.5) is 0 Å². The molecule has 2 fully saturated rings. The molecule has 200 valence electrons. The predicted octanol–water partition coefficient (Wildman–Crippen LogP) is -4.53. The third-order valence-electron chi connectivity index (χ3n) is 4.75. The van der Waals surface area contributed by atoms with Crippen molar-refractivity contribution in [1.29, 1.82) is 0 Å². The van der Waals surface area contributed by atoms with E-state index < -0.39 is 95.4 Å². The lowest BCUT2D eigenvalue weighted by Gasteiger charge is -2.46. The van der Waals surface area contributed by atoms with Gasteiger partial charge in [-0.05, 0) is 0 Å². The van der Waals surface area contributed by atoms with Gasteiger partial charge in [0.1, 0.15) is 48.8 Å². The monoisotopic (exact) mass is 542 g/mol. The second kappa shape index (κ2) is 11.9. The van der Waals surface area contributed by atoms with Gasteiger partial charge in [0.15, 0.2) is 12.6 Å². The van der Waals surface area contributed by atoms with E-state index >= 15 is 0 Å². The van der Waals surface area contributed by atoms with E-state index in [0.717, 1.165) is 0 Å². The van der Waals surface area contributed by atoms with Gasteiger partial charge in [0.2, 0.25) is 0 Å². The van der Waals surface area contributed by atoms with Crippen molar-refractivity contribution in [3.05, 3.63) is 12.7 Å². The first kappa shape index (κ1) is 29.4. The molecule has 10 atom stereocenters. The van der Waals surface area contributed by atoms with Crippen LogP contribution < -0.4 is 0 Å². The van der Waals surface area contributed by atoms with Crippen LogP contribution in [-0.4, -0.2) is 133 Å². The van der Waals surface area contributed by atoms with Crippen LogP contribution in [0.5, 0.6) is 0 Å². The molecule has 2 aliphatic rings. The van der Waals surface area contributed by atoms with Gasteiger partial charge in [0.05, 0.1) is 19.8 Å². The Bertz CT molecular complexity index is 875. The molecule has 0 aliphatic carbocycles. The Labute approximate surface area is 193 Å². The van der Waals surface area contributed by atoms with Gasteiger partial charge in [-0.1, -0.05) is 6.08 Å². The van der Waals surface area contributed by atoms with Gasteiger partial charge in [-0.25, -0.2) is 8.37 Å². The Morgan fingerprint density at radius 3 is 1.97 bits per heavy atom. The summed E-state index contributed by atoms with van der Waals surface area (Å²) in [7, 11) is -10.3. The van der Waals surface area contributed by atoms with Crippen molar-refractivity contribution in [3.8, 4) is 0 Å². The maximum absolute atomic E-state index is 11.1. The van der Waals surface area contributed by atoms with Crippen LogP contribution in [0, 0.1) is 0 Å². The highest BCUT2D eigenvalue weighted by molar-refractivity contribution is 7.81. The van der Waals surface area contributed by atoms with Crippen molar-refractivity contribution in [2.45, 2.75) is 61.4 Å². The fourth-order valence-corrected chi connectivity index (χ4v) is 4.05. The number of aliphatic hydroxyl groups excluding tert-OH is 5. The minimum atomic E-state index is -5.28. The molecule has 0 aromatic carbocycles. The van der Waals surface area contributed by atoms with Crippen molar-refractivity contribution < 1.29 is 78.8 Å². The fourth-order valence-electron chi connectivity index (χ4n) is 3.24. The fraction of sp³-hybridized carbons (Fsp3) is 0.867. The number of hydrogen-bond acceptors (Lipinski definition) is 15. The summed E-state index contributed by atoms with van der Waals surface area (Å²) in [6.45, 7) is 1.37. The molecule has 7 N–H and O–H groups in total. The largest absolute Gasteiger partial charge is 0.397 e. The van der Waals surface area contributed by atoms with Crippen LogP contribution in [-0.2, 0) is 48.1 Å². The molecular formula is C15H26O17S2. The quantitative estimate of drug-likeness (QED) is 0.0957. The molecule has 0 saturated carbocycles. The van der Waals surface area contributed by atoms with E-state index in [1.54, 1.807) is 0 Å². The summed E-state index contributed by atoms with van der Waals surface area (Å²) in [6.07, 6.45) is -17.2. The zero-order valence-corrected chi connectivity index (χ0v) is 18.8. The number of ether oxygens (including phenoxy) is 4. The van der Waals surface area contributed by atoms with Gasteiger partial charge in [0, 0.05) is 0 Å². The molecule has 2 heterocycles. The molecule has 2 saturated heterocycles. The summed E-state index contributed by atoms with van der Waals surface area (Å²) in [6, 6.07) is 0. The molecular weight excluding hydrogens is 516 g/mol. The first-order chi connectivity index (χ1) is 15.7. The van der Waals surface area contributed by atoms with Gasteiger partial charge in [0.25, 0.3) is 0 Å². The third-order valence-corrected chi connectivity index (χ3v) is 5.65. The summed E-state index contributed by atoms with van der Waals surface area (Å²) in [5.74, 6) is 0. The molecule has 19 heteroatoms. The molecule has 0 radical (unpaired) electrons. The van der Waals surface area contributed by atoms with Crippen LogP contribution in [0.25, 0.3) is 0 Å². The van der Waals surface area contributed by atoms with Crippen molar-refractivity contribution in [2.75, 3.05) is 19.8 Å². The molecule has 0 spiro atoms. The van der Waals surface area contributed by atoms with Crippen LogP contribution in [0.15, 0.2) is 12.7 Å². The maximum Gasteiger partial charge on any atom is 0.397 e. The molecule has 0 aromatic rings. The summed E-state index contributed by atoms with van der Waals surface area (Å²) in [4.78, 5) is 0. The van der Waals surface area contributed by atoms with Gasteiger partial charge in [-0.3, -0.25) is 9.11 Å². The first-order valence-electron chi connectivity index (χ1n) is 9.48. The minimum absolute atomic E-state index is 0.0927. The number of rotatable bonds is 11. The van der Waals surface area contributed by atoms with Crippen molar-refractivity contribution in [1.82, 2.24) is 0 Å². The average molecular weight is 542 g/mol. The molecule has 1 unspecified atom stereocenters. The van der Waals surface area contributed by atoms with E-state index in [2.05, 4.69) is 14.9 Å². The third kappa shape index (κ3) is 7.81. The van der Waals surface area contributed by atoms with E-state index in [0.29, 0.717) is 0 Å². The molecule has 0 bridgehead atoms. The van der Waals surface area contributed by atoms with Crippen LogP contribution in [0.3, 0.4) is 0 Å². The molecule has 34 heavy (non-hydrogen) atoms. The van der Waals surface area contributed by atoms with E-state index in [-0.39, 0.29) is 6.61 Å². The second-order valence-corrected chi connectivity index (χ2v) is 9.29. The summed E-state index contributed by atoms with van der Waals surface area (Å²) < 4.78 is 90.9. The Morgan fingerprint density at radius 2 is 1.44 bits per heavy atom. The lowest BCUT2D eigenvalue weighted by atomic mass is 9.97. The maximum atomic E-state index is 11.1. The Morgan fingerprint density at radius 1 is 0.824 bits per heavy atom. The Hall–Kier alpha value is -0.880. The van der Waals surface area contributed by atoms with Crippen LogP contribution in [0.1, 0.15) is 0 Å². The normalized spacial score (nSPS) is 39.6. The Kier molecular flexibility index (Phi) is 10.3. The van der Waals surface area contributed by atoms with E-state index in [1.807, 2.05) is 0 Å². The zero-order chi connectivity index (χ0) is 25.8. The number of aliphatic hydroxyl groups is 5. The Balaban J connectivity index is 2.26. The van der Waals surface area contributed by atoms with Crippen molar-refractivity contribution in [3.63, 3.8) is 0 Å². The van der Waals surface area contributed by atoms with Crippen LogP contribution in [0.2, 0.25) is 0 Å². The van der Waals surface area contributed by atoms with Gasteiger partial charge in [-0.2, -0.15) is 16.8 Å². The van der Waals surface area contributed by atoms with Crippen molar-refractivity contribution >= 4 is 20.8 Å². The standard InChI is InChI=1S/C15H26O17S2/c1-2-3-27-14-10(19)9(18)12(6(4-16)29-14)31-15-11(20)13(32-34(24,25)26)8(17)7(30-15)5-28-33(21,22)23/h2,6-20H,1,3-5H2,(H,21,22,23)(H,24,25,26)/t6-,7-,8+,9-,10-,11-,12-,13+,14?,15+/m1/s1. The summed E-state index contributed by atoms with van der Waals surface area (Å²) in [5, 5.41) is 50.9. The highest BCUT2D eigenvalue weighted by Gasteiger charge is 2.52. The highest BCUT2D eigenvalue weighted by atomic mass is 32.3. The predicted molar refractivity (Wildman–Crippen MR) is 103 cm³/mol. The van der Waals surface area contributed by atoms with E-state index in [1.165, 1.54) is 6.08 Å².